The lowest BCUT2D eigenvalue weighted by Crippen LogP contribution is -2.47. The number of carbonyl (C=O) groups excluding carboxylic acids is 1. The Bertz CT molecular complexity index is 1220. The summed E-state index contributed by atoms with van der Waals surface area (Å²) >= 11 is 0. The molecule has 0 radical (unpaired) electrons. The quantitative estimate of drug-likeness (QED) is 0.639. The van der Waals surface area contributed by atoms with Gasteiger partial charge in [-0.2, -0.15) is 4.31 Å². The van der Waals surface area contributed by atoms with Gasteiger partial charge < -0.3 is 19.5 Å². The lowest BCUT2D eigenvalue weighted by Gasteiger charge is -2.29. The summed E-state index contributed by atoms with van der Waals surface area (Å²) in [5, 5.41) is 9.68. The number of hydrogen-bond donors (Lipinski definition) is 1. The van der Waals surface area contributed by atoms with Crippen LogP contribution in [0.3, 0.4) is 0 Å². The number of sulfonamides is 1. The number of pyridine rings is 1. The van der Waals surface area contributed by atoms with Crippen LogP contribution >= 0.6 is 0 Å². The molecule has 0 saturated carbocycles. The van der Waals surface area contributed by atoms with E-state index in [9.17, 15) is 18.3 Å². The van der Waals surface area contributed by atoms with E-state index in [1.165, 1.54) is 33.6 Å². The molecule has 0 bridgehead atoms. The topological polar surface area (TPSA) is 109 Å². The number of aliphatic hydroxyl groups is 1. The number of halogens is 1. The molecule has 1 amide bonds. The second-order valence-corrected chi connectivity index (χ2v) is 10.1. The molecule has 2 aromatic rings. The lowest BCUT2D eigenvalue weighted by atomic mass is 9.95. The van der Waals surface area contributed by atoms with Gasteiger partial charge >= 0.3 is 0 Å². The normalized spacial score (nSPS) is 20.0. The maximum absolute atomic E-state index is 15.5. The highest BCUT2D eigenvalue weighted by Gasteiger charge is 2.46. The van der Waals surface area contributed by atoms with E-state index < -0.39 is 28.2 Å². The van der Waals surface area contributed by atoms with Gasteiger partial charge in [-0.3, -0.25) is 4.79 Å². The number of aromatic nitrogens is 1. The van der Waals surface area contributed by atoms with Crippen molar-refractivity contribution in [2.45, 2.75) is 10.6 Å². The van der Waals surface area contributed by atoms with Crippen molar-refractivity contribution in [3.8, 4) is 11.6 Å². The molecule has 0 fully saturated rings. The Morgan fingerprint density at radius 2 is 1.76 bits per heavy atom. The third-order valence-corrected chi connectivity index (χ3v) is 7.84. The lowest BCUT2D eigenvalue weighted by molar-refractivity contribution is -0.146. The van der Waals surface area contributed by atoms with Crippen molar-refractivity contribution in [3.05, 3.63) is 59.3 Å². The summed E-state index contributed by atoms with van der Waals surface area (Å²) in [4.78, 5) is 18.3. The van der Waals surface area contributed by atoms with Crippen molar-refractivity contribution in [1.29, 1.82) is 0 Å². The Morgan fingerprint density at radius 1 is 1.09 bits per heavy atom. The van der Waals surface area contributed by atoms with Crippen LogP contribution in [-0.2, 0) is 20.5 Å². The van der Waals surface area contributed by atoms with Crippen molar-refractivity contribution in [2.75, 3.05) is 46.0 Å². The molecule has 0 spiro atoms. The number of benzene rings is 1. The van der Waals surface area contributed by atoms with E-state index in [2.05, 4.69) is 4.98 Å². The molecule has 174 valence electrons. The van der Waals surface area contributed by atoms with Crippen LogP contribution in [0.2, 0.25) is 0 Å². The Labute approximate surface area is 190 Å². The largest absolute Gasteiger partial charge is 0.484 e. The molecule has 4 heterocycles. The van der Waals surface area contributed by atoms with Gasteiger partial charge in [0, 0.05) is 37.8 Å². The third-order valence-electron chi connectivity index (χ3n) is 6.08. The smallest absolute Gasteiger partial charge is 0.267 e. The maximum atomic E-state index is 15.5. The molecule has 5 rings (SSSR count). The fourth-order valence-electron chi connectivity index (χ4n) is 4.30. The Morgan fingerprint density at radius 3 is 2.42 bits per heavy atom. The van der Waals surface area contributed by atoms with Crippen molar-refractivity contribution < 1.29 is 32.2 Å². The van der Waals surface area contributed by atoms with E-state index in [1.54, 1.807) is 18.2 Å². The van der Waals surface area contributed by atoms with E-state index >= 15 is 4.39 Å². The van der Waals surface area contributed by atoms with E-state index in [-0.39, 0.29) is 48.3 Å². The molecule has 3 aliphatic heterocycles. The minimum Gasteiger partial charge on any atom is -0.484 e. The molecule has 1 aromatic carbocycles. The summed E-state index contributed by atoms with van der Waals surface area (Å²) in [6.45, 7) is 0.101. The van der Waals surface area contributed by atoms with Gasteiger partial charge in [0.25, 0.3) is 11.8 Å². The average molecular weight is 475 g/mol. The first-order valence-electron chi connectivity index (χ1n) is 10.4. The zero-order chi connectivity index (χ0) is 23.2. The molecule has 33 heavy (non-hydrogen) atoms. The number of fused-ring (bicyclic) bond motifs is 1. The first-order chi connectivity index (χ1) is 15.8. The Kier molecular flexibility index (Phi) is 5.34. The number of alkyl halides is 1. The van der Waals surface area contributed by atoms with E-state index in [0.717, 1.165) is 11.1 Å². The van der Waals surface area contributed by atoms with Crippen LogP contribution in [0.4, 0.5) is 4.39 Å². The number of nitrogens with zero attached hydrogens (tertiary/aromatic N) is 3. The van der Waals surface area contributed by atoms with Gasteiger partial charge in [-0.15, -0.1) is 0 Å². The second-order valence-electron chi connectivity index (χ2n) is 8.14. The summed E-state index contributed by atoms with van der Waals surface area (Å²) in [6.07, 6.45) is 1.24. The molecule has 1 N–H and O–H groups in total. The number of ether oxygens (including phenoxy) is 2. The van der Waals surface area contributed by atoms with Gasteiger partial charge in [0.2, 0.25) is 15.7 Å². The summed E-state index contributed by atoms with van der Waals surface area (Å²) in [7, 11) is -3.85. The fraction of sp³-hybridized carbons (Fsp3) is 0.364. The van der Waals surface area contributed by atoms with Crippen LogP contribution in [0.1, 0.15) is 5.56 Å². The average Bonchev–Trinajstić information content (AvgIpc) is 3.43. The zero-order valence-electron chi connectivity index (χ0n) is 17.6. The van der Waals surface area contributed by atoms with Crippen molar-refractivity contribution in [3.63, 3.8) is 0 Å². The first-order valence-corrected chi connectivity index (χ1v) is 11.9. The number of rotatable bonds is 5. The van der Waals surface area contributed by atoms with Crippen LogP contribution < -0.4 is 9.47 Å². The predicted molar refractivity (Wildman–Crippen MR) is 114 cm³/mol. The molecule has 1 atom stereocenters. The molecule has 11 heteroatoms. The van der Waals surface area contributed by atoms with Crippen LogP contribution in [0.5, 0.6) is 11.6 Å². The maximum Gasteiger partial charge on any atom is 0.267 e. The van der Waals surface area contributed by atoms with Crippen LogP contribution in [0.25, 0.3) is 0 Å². The predicted octanol–water partition coefficient (Wildman–Crippen LogP) is 0.853. The number of aliphatic hydroxyl groups excluding tert-OH is 1. The molecule has 0 aliphatic carbocycles. The van der Waals surface area contributed by atoms with Gasteiger partial charge in [0.1, 0.15) is 18.1 Å². The molecule has 0 saturated heterocycles. The van der Waals surface area contributed by atoms with Crippen molar-refractivity contribution in [1.82, 2.24) is 14.2 Å². The SMILES string of the molecule is O=C(N1CC2=C(C1)CN(S(=O)(=O)c1cnc3c(c1)OCCO3)C2)C(F)(CO)c1ccccc1. The summed E-state index contributed by atoms with van der Waals surface area (Å²) < 4.78 is 53.9. The fourth-order valence-corrected chi connectivity index (χ4v) is 5.69. The van der Waals surface area contributed by atoms with Gasteiger partial charge in [-0.1, -0.05) is 30.3 Å². The van der Waals surface area contributed by atoms with Crippen molar-refractivity contribution in [2.24, 2.45) is 0 Å². The highest BCUT2D eigenvalue weighted by molar-refractivity contribution is 7.89. The van der Waals surface area contributed by atoms with Crippen LogP contribution in [-0.4, -0.2) is 79.6 Å². The Balaban J connectivity index is 1.29. The molecule has 9 nitrogen and oxygen atoms in total. The first kappa shape index (κ1) is 21.8. The highest BCUT2D eigenvalue weighted by Crippen LogP contribution is 2.36. The third kappa shape index (κ3) is 3.65. The Hall–Kier alpha value is -3.02. The minimum absolute atomic E-state index is 0.00649. The molecular formula is C22H22FN3O6S. The zero-order valence-corrected chi connectivity index (χ0v) is 18.4. The van der Waals surface area contributed by atoms with Gasteiger partial charge in [-0.05, 0) is 11.1 Å². The number of hydrogen-bond acceptors (Lipinski definition) is 7. The number of carbonyl (C=O) groups is 1. The van der Waals surface area contributed by atoms with Gasteiger partial charge in [0.05, 0.1) is 12.8 Å². The summed E-state index contributed by atoms with van der Waals surface area (Å²) in [5.41, 5.74) is -0.958. The molecule has 3 aliphatic rings. The van der Waals surface area contributed by atoms with E-state index in [4.69, 9.17) is 9.47 Å². The van der Waals surface area contributed by atoms with Crippen molar-refractivity contribution >= 4 is 15.9 Å². The summed E-state index contributed by atoms with van der Waals surface area (Å²) in [5.74, 6) is -0.299. The molecular weight excluding hydrogens is 453 g/mol. The molecule has 1 aromatic heterocycles. The minimum atomic E-state index is -3.85. The van der Waals surface area contributed by atoms with Gasteiger partial charge in [0.15, 0.2) is 5.75 Å². The highest BCUT2D eigenvalue weighted by atomic mass is 32.2. The van der Waals surface area contributed by atoms with Crippen LogP contribution in [0.15, 0.2) is 58.6 Å². The van der Waals surface area contributed by atoms with Crippen LogP contribution in [0, 0.1) is 0 Å². The van der Waals surface area contributed by atoms with E-state index in [0.29, 0.717) is 13.2 Å². The summed E-state index contributed by atoms with van der Waals surface area (Å²) in [6, 6.07) is 9.22. The second kappa shape index (κ2) is 8.08. The number of amides is 1. The standard InChI is InChI=1S/C22H22FN3O6S/c23-22(14-27,17-4-2-1-3-5-17)21(28)25-10-15-12-26(13-16(15)11-25)33(29,30)18-8-19-20(24-9-18)32-7-6-31-19/h1-5,8-9,27H,6-7,10-14H2. The van der Waals surface area contributed by atoms with Gasteiger partial charge in [-0.25, -0.2) is 17.8 Å². The van der Waals surface area contributed by atoms with E-state index in [1.807, 2.05) is 0 Å². The monoisotopic (exact) mass is 475 g/mol. The molecule has 1 unspecified atom stereocenters.